The summed E-state index contributed by atoms with van der Waals surface area (Å²) >= 11 is 0. The Morgan fingerprint density at radius 3 is 2.65 bits per heavy atom. The minimum atomic E-state index is 0.0107. The molecule has 0 fully saturated rings. The third-order valence-electron chi connectivity index (χ3n) is 2.88. The largest absolute Gasteiger partial charge is 0.398 e. The maximum atomic E-state index is 11.7. The standard InChI is InChI=1S/C13H21N3O/c1-10(16(2)3)9-15-13(17)8-11-6-4-5-7-12(11)14/h4-7,10H,8-9,14H2,1-3H3,(H,15,17). The van der Waals surface area contributed by atoms with Crippen molar-refractivity contribution >= 4 is 11.6 Å². The highest BCUT2D eigenvalue weighted by molar-refractivity contribution is 5.80. The van der Waals surface area contributed by atoms with Crippen LogP contribution in [0.15, 0.2) is 24.3 Å². The van der Waals surface area contributed by atoms with E-state index in [1.165, 1.54) is 0 Å². The second kappa shape index (κ2) is 6.25. The van der Waals surface area contributed by atoms with E-state index in [2.05, 4.69) is 17.1 Å². The SMILES string of the molecule is CC(CNC(=O)Cc1ccccc1N)N(C)C. The number of nitrogen functional groups attached to an aromatic ring is 1. The molecule has 0 saturated carbocycles. The number of rotatable bonds is 5. The van der Waals surface area contributed by atoms with Crippen LogP contribution in [-0.2, 0) is 11.2 Å². The molecule has 0 aliphatic rings. The van der Waals surface area contributed by atoms with Gasteiger partial charge in [0.2, 0.25) is 5.91 Å². The average molecular weight is 235 g/mol. The second-order valence-corrected chi connectivity index (χ2v) is 4.49. The van der Waals surface area contributed by atoms with Crippen LogP contribution in [0.5, 0.6) is 0 Å². The van der Waals surface area contributed by atoms with E-state index in [1.807, 2.05) is 38.4 Å². The molecule has 94 valence electrons. The summed E-state index contributed by atoms with van der Waals surface area (Å²) in [7, 11) is 3.98. The molecule has 1 atom stereocenters. The van der Waals surface area contributed by atoms with E-state index in [4.69, 9.17) is 5.73 Å². The summed E-state index contributed by atoms with van der Waals surface area (Å²) in [5, 5.41) is 2.90. The van der Waals surface area contributed by atoms with Gasteiger partial charge in [0.05, 0.1) is 6.42 Å². The van der Waals surface area contributed by atoms with Crippen LogP contribution < -0.4 is 11.1 Å². The number of nitrogens with zero attached hydrogens (tertiary/aromatic N) is 1. The Bertz CT molecular complexity index is 377. The van der Waals surface area contributed by atoms with Crippen LogP contribution >= 0.6 is 0 Å². The van der Waals surface area contributed by atoms with Crippen LogP contribution in [0.25, 0.3) is 0 Å². The maximum Gasteiger partial charge on any atom is 0.224 e. The van der Waals surface area contributed by atoms with Gasteiger partial charge in [0.15, 0.2) is 0 Å². The molecule has 0 spiro atoms. The molecule has 4 nitrogen and oxygen atoms in total. The minimum absolute atomic E-state index is 0.0107. The zero-order chi connectivity index (χ0) is 12.8. The Labute approximate surface area is 103 Å². The molecule has 4 heteroatoms. The van der Waals surface area contributed by atoms with Crippen molar-refractivity contribution < 1.29 is 4.79 Å². The van der Waals surface area contributed by atoms with Gasteiger partial charge >= 0.3 is 0 Å². The minimum Gasteiger partial charge on any atom is -0.398 e. The number of hydrogen-bond acceptors (Lipinski definition) is 3. The summed E-state index contributed by atoms with van der Waals surface area (Å²) in [6.07, 6.45) is 0.340. The Hall–Kier alpha value is -1.55. The number of carbonyl (C=O) groups excluding carboxylic acids is 1. The summed E-state index contributed by atoms with van der Waals surface area (Å²) in [5.74, 6) is 0.0107. The highest BCUT2D eigenvalue weighted by Crippen LogP contribution is 2.10. The van der Waals surface area contributed by atoms with E-state index >= 15 is 0 Å². The number of para-hydroxylation sites is 1. The monoisotopic (exact) mass is 235 g/mol. The molecule has 0 aliphatic heterocycles. The van der Waals surface area contributed by atoms with Crippen molar-refractivity contribution in [2.75, 3.05) is 26.4 Å². The highest BCUT2D eigenvalue weighted by Gasteiger charge is 2.08. The van der Waals surface area contributed by atoms with E-state index in [-0.39, 0.29) is 5.91 Å². The first-order valence-electron chi connectivity index (χ1n) is 5.77. The van der Waals surface area contributed by atoms with Gasteiger partial charge in [-0.25, -0.2) is 0 Å². The molecule has 1 unspecified atom stereocenters. The van der Waals surface area contributed by atoms with Crippen molar-refractivity contribution in [2.45, 2.75) is 19.4 Å². The van der Waals surface area contributed by atoms with Crippen LogP contribution in [0.3, 0.4) is 0 Å². The fraction of sp³-hybridized carbons (Fsp3) is 0.462. The Kier molecular flexibility index (Phi) is 4.97. The van der Waals surface area contributed by atoms with Gasteiger partial charge in [0, 0.05) is 18.3 Å². The number of hydrogen-bond donors (Lipinski definition) is 2. The smallest absolute Gasteiger partial charge is 0.224 e. The molecule has 0 radical (unpaired) electrons. The number of benzene rings is 1. The molecule has 0 aliphatic carbocycles. The molecule has 1 rings (SSSR count). The first kappa shape index (κ1) is 13.5. The lowest BCUT2D eigenvalue weighted by molar-refractivity contribution is -0.120. The molecule has 3 N–H and O–H groups in total. The Morgan fingerprint density at radius 2 is 2.06 bits per heavy atom. The highest BCUT2D eigenvalue weighted by atomic mass is 16.1. The topological polar surface area (TPSA) is 58.4 Å². The Balaban J connectivity index is 2.43. The molecular weight excluding hydrogens is 214 g/mol. The molecule has 0 aromatic heterocycles. The lowest BCUT2D eigenvalue weighted by Crippen LogP contribution is -2.38. The van der Waals surface area contributed by atoms with Gasteiger partial charge in [-0.15, -0.1) is 0 Å². The van der Waals surface area contributed by atoms with Crippen molar-refractivity contribution in [3.63, 3.8) is 0 Å². The third kappa shape index (κ3) is 4.44. The van der Waals surface area contributed by atoms with Gasteiger partial charge < -0.3 is 16.0 Å². The number of likely N-dealkylation sites (N-methyl/N-ethyl adjacent to an activating group) is 1. The van der Waals surface area contributed by atoms with Crippen molar-refractivity contribution in [1.82, 2.24) is 10.2 Å². The normalized spacial score (nSPS) is 12.5. The van der Waals surface area contributed by atoms with E-state index < -0.39 is 0 Å². The zero-order valence-corrected chi connectivity index (χ0v) is 10.7. The fourth-order valence-electron chi connectivity index (χ4n) is 1.37. The summed E-state index contributed by atoms with van der Waals surface area (Å²) in [5.41, 5.74) is 7.33. The average Bonchev–Trinajstić information content (AvgIpc) is 2.29. The number of nitrogens with two attached hydrogens (primary N) is 1. The lowest BCUT2D eigenvalue weighted by Gasteiger charge is -2.20. The molecule has 0 bridgehead atoms. The van der Waals surface area contributed by atoms with Gasteiger partial charge in [-0.05, 0) is 32.6 Å². The van der Waals surface area contributed by atoms with E-state index in [1.54, 1.807) is 0 Å². The summed E-state index contributed by atoms with van der Waals surface area (Å²) in [4.78, 5) is 13.8. The van der Waals surface area contributed by atoms with Crippen LogP contribution in [-0.4, -0.2) is 37.5 Å². The molecule has 1 amide bonds. The number of carbonyl (C=O) groups is 1. The number of nitrogens with one attached hydrogen (secondary N) is 1. The van der Waals surface area contributed by atoms with Gasteiger partial charge in [-0.3, -0.25) is 4.79 Å². The van der Waals surface area contributed by atoms with Gasteiger partial charge in [0.25, 0.3) is 0 Å². The molecule has 1 aromatic carbocycles. The van der Waals surface area contributed by atoms with Crippen LogP contribution in [0, 0.1) is 0 Å². The zero-order valence-electron chi connectivity index (χ0n) is 10.7. The van der Waals surface area contributed by atoms with Crippen LogP contribution in [0.4, 0.5) is 5.69 Å². The third-order valence-corrected chi connectivity index (χ3v) is 2.88. The molecule has 0 saturated heterocycles. The fourth-order valence-corrected chi connectivity index (χ4v) is 1.37. The number of amides is 1. The summed E-state index contributed by atoms with van der Waals surface area (Å²) in [6, 6.07) is 7.77. The van der Waals surface area contributed by atoms with Crippen molar-refractivity contribution in [3.05, 3.63) is 29.8 Å². The first-order valence-corrected chi connectivity index (χ1v) is 5.77. The first-order chi connectivity index (χ1) is 8.00. The molecule has 1 aromatic rings. The maximum absolute atomic E-state index is 11.7. The van der Waals surface area contributed by atoms with Crippen molar-refractivity contribution in [1.29, 1.82) is 0 Å². The predicted molar refractivity (Wildman–Crippen MR) is 70.7 cm³/mol. The van der Waals surface area contributed by atoms with E-state index in [0.29, 0.717) is 24.7 Å². The Morgan fingerprint density at radius 1 is 1.41 bits per heavy atom. The molecular formula is C13H21N3O. The van der Waals surface area contributed by atoms with Gasteiger partial charge in [-0.2, -0.15) is 0 Å². The number of anilines is 1. The van der Waals surface area contributed by atoms with Gasteiger partial charge in [-0.1, -0.05) is 18.2 Å². The van der Waals surface area contributed by atoms with Crippen molar-refractivity contribution in [2.24, 2.45) is 0 Å². The molecule has 0 heterocycles. The molecule has 17 heavy (non-hydrogen) atoms. The van der Waals surface area contributed by atoms with Gasteiger partial charge in [0.1, 0.15) is 0 Å². The lowest BCUT2D eigenvalue weighted by atomic mass is 10.1. The second-order valence-electron chi connectivity index (χ2n) is 4.49. The quantitative estimate of drug-likeness (QED) is 0.745. The van der Waals surface area contributed by atoms with Crippen LogP contribution in [0.2, 0.25) is 0 Å². The van der Waals surface area contributed by atoms with E-state index in [0.717, 1.165) is 5.56 Å². The van der Waals surface area contributed by atoms with Crippen LogP contribution in [0.1, 0.15) is 12.5 Å². The summed E-state index contributed by atoms with van der Waals surface area (Å²) < 4.78 is 0. The van der Waals surface area contributed by atoms with E-state index in [9.17, 15) is 4.79 Å². The predicted octanol–water partition coefficient (Wildman–Crippen LogP) is 0.878. The summed E-state index contributed by atoms with van der Waals surface area (Å²) in [6.45, 7) is 2.72. The van der Waals surface area contributed by atoms with Crippen molar-refractivity contribution in [3.8, 4) is 0 Å².